The van der Waals surface area contributed by atoms with E-state index < -0.39 is 10.8 Å². The zero-order chi connectivity index (χ0) is 12.0. The first-order chi connectivity index (χ1) is 7.63. The average Bonchev–Trinajstić information content (AvgIpc) is 2.29. The Morgan fingerprint density at radius 1 is 1.62 bits per heavy atom. The van der Waals surface area contributed by atoms with E-state index in [1.807, 2.05) is 6.92 Å². The van der Waals surface area contributed by atoms with Gasteiger partial charge >= 0.3 is 0 Å². The van der Waals surface area contributed by atoms with Crippen LogP contribution in [0, 0.1) is 5.92 Å². The van der Waals surface area contributed by atoms with Crippen LogP contribution in [0.5, 0.6) is 0 Å². The monoisotopic (exact) mass is 262 g/mol. The molecule has 5 heteroatoms. The van der Waals surface area contributed by atoms with Gasteiger partial charge in [0.2, 0.25) is 0 Å². The van der Waals surface area contributed by atoms with Crippen LogP contribution in [0.25, 0.3) is 0 Å². The van der Waals surface area contributed by atoms with Gasteiger partial charge in [0.15, 0.2) is 5.17 Å². The summed E-state index contributed by atoms with van der Waals surface area (Å²) >= 11 is 1.78. The van der Waals surface area contributed by atoms with E-state index in [9.17, 15) is 4.21 Å². The Kier molecular flexibility index (Phi) is 6.43. The van der Waals surface area contributed by atoms with E-state index in [1.165, 1.54) is 6.42 Å². The Bertz CT molecular complexity index is 267. The lowest BCUT2D eigenvalue weighted by atomic mass is 10.0. The SMILES string of the molecule is CCS(=O)CCN=C1NC(C(C)C)CCS1. The van der Waals surface area contributed by atoms with E-state index in [0.717, 1.165) is 16.7 Å². The zero-order valence-electron chi connectivity index (χ0n) is 10.4. The van der Waals surface area contributed by atoms with E-state index in [4.69, 9.17) is 0 Å². The van der Waals surface area contributed by atoms with Crippen molar-refractivity contribution in [3.63, 3.8) is 0 Å². The third-order valence-corrected chi connectivity index (χ3v) is 4.92. The van der Waals surface area contributed by atoms with Crippen LogP contribution in [0.15, 0.2) is 4.99 Å². The van der Waals surface area contributed by atoms with Crippen LogP contribution in [-0.4, -0.2) is 39.2 Å². The summed E-state index contributed by atoms with van der Waals surface area (Å²) in [6.07, 6.45) is 1.21. The van der Waals surface area contributed by atoms with Crippen molar-refractivity contribution < 1.29 is 4.21 Å². The molecule has 0 aromatic rings. The van der Waals surface area contributed by atoms with Crippen molar-refractivity contribution in [3.05, 3.63) is 0 Å². The molecule has 1 aliphatic heterocycles. The highest BCUT2D eigenvalue weighted by Crippen LogP contribution is 2.18. The van der Waals surface area contributed by atoms with Crippen LogP contribution in [0.3, 0.4) is 0 Å². The van der Waals surface area contributed by atoms with Crippen molar-refractivity contribution in [2.24, 2.45) is 10.9 Å². The minimum Gasteiger partial charge on any atom is -0.362 e. The van der Waals surface area contributed by atoms with E-state index in [-0.39, 0.29) is 0 Å². The van der Waals surface area contributed by atoms with Gasteiger partial charge in [-0.2, -0.15) is 0 Å². The maximum Gasteiger partial charge on any atom is 0.156 e. The zero-order valence-corrected chi connectivity index (χ0v) is 12.0. The number of nitrogens with one attached hydrogen (secondary N) is 1. The molecule has 0 saturated carbocycles. The Balaban J connectivity index is 2.35. The van der Waals surface area contributed by atoms with Gasteiger partial charge in [0.1, 0.15) is 0 Å². The van der Waals surface area contributed by atoms with Crippen LogP contribution in [0.2, 0.25) is 0 Å². The molecule has 0 spiro atoms. The number of hydrogen-bond acceptors (Lipinski definition) is 3. The average molecular weight is 262 g/mol. The van der Waals surface area contributed by atoms with Gasteiger partial charge in [-0.1, -0.05) is 32.5 Å². The predicted molar refractivity (Wildman–Crippen MR) is 74.7 cm³/mol. The van der Waals surface area contributed by atoms with Crippen molar-refractivity contribution in [2.45, 2.75) is 33.2 Å². The molecule has 0 amide bonds. The third-order valence-electron chi connectivity index (χ3n) is 2.68. The molecule has 0 aromatic carbocycles. The second-order valence-electron chi connectivity index (χ2n) is 4.25. The molecule has 3 nitrogen and oxygen atoms in total. The number of amidine groups is 1. The van der Waals surface area contributed by atoms with Crippen molar-refractivity contribution in [1.82, 2.24) is 5.32 Å². The Labute approximate surface area is 105 Å². The molecule has 1 rings (SSSR count). The first-order valence-corrected chi connectivity index (χ1v) is 8.39. The van der Waals surface area contributed by atoms with Crippen molar-refractivity contribution in [1.29, 1.82) is 0 Å². The minimum atomic E-state index is -0.693. The number of thioether (sulfide) groups is 1. The fourth-order valence-corrected chi connectivity index (χ4v) is 3.11. The Hall–Kier alpha value is -0.0300. The maximum absolute atomic E-state index is 11.2. The maximum atomic E-state index is 11.2. The highest BCUT2D eigenvalue weighted by atomic mass is 32.2. The standard InChI is InChI=1S/C11H22N2OS2/c1-4-16(14)8-6-12-11-13-10(9(2)3)5-7-15-11/h9-10H,4-8H2,1-3H3,(H,12,13). The number of aliphatic imine (C=N–C) groups is 1. The molecular formula is C11H22N2OS2. The summed E-state index contributed by atoms with van der Waals surface area (Å²) in [5.41, 5.74) is 0. The highest BCUT2D eigenvalue weighted by Gasteiger charge is 2.19. The quantitative estimate of drug-likeness (QED) is 0.822. The first kappa shape index (κ1) is 14.0. The molecule has 0 aromatic heterocycles. The highest BCUT2D eigenvalue weighted by molar-refractivity contribution is 8.13. The van der Waals surface area contributed by atoms with Gasteiger partial charge in [-0.15, -0.1) is 0 Å². The van der Waals surface area contributed by atoms with Crippen LogP contribution < -0.4 is 5.32 Å². The van der Waals surface area contributed by atoms with E-state index >= 15 is 0 Å². The number of hydrogen-bond donors (Lipinski definition) is 1. The van der Waals surface area contributed by atoms with Gasteiger partial charge in [-0.3, -0.25) is 9.20 Å². The topological polar surface area (TPSA) is 41.5 Å². The molecule has 0 radical (unpaired) electrons. The molecule has 16 heavy (non-hydrogen) atoms. The summed E-state index contributed by atoms with van der Waals surface area (Å²) in [5.74, 6) is 3.22. The van der Waals surface area contributed by atoms with Gasteiger partial charge in [0.05, 0.1) is 6.54 Å². The second kappa shape index (κ2) is 7.33. The number of rotatable bonds is 5. The van der Waals surface area contributed by atoms with Gasteiger partial charge in [0, 0.05) is 34.1 Å². The van der Waals surface area contributed by atoms with Gasteiger partial charge in [0.25, 0.3) is 0 Å². The molecule has 1 saturated heterocycles. The number of nitrogens with zero attached hydrogens (tertiary/aromatic N) is 1. The largest absolute Gasteiger partial charge is 0.362 e. The molecule has 94 valence electrons. The van der Waals surface area contributed by atoms with Crippen LogP contribution in [0.4, 0.5) is 0 Å². The van der Waals surface area contributed by atoms with E-state index in [1.54, 1.807) is 11.8 Å². The Morgan fingerprint density at radius 3 is 3.00 bits per heavy atom. The summed E-state index contributed by atoms with van der Waals surface area (Å²) in [4.78, 5) is 4.48. The summed E-state index contributed by atoms with van der Waals surface area (Å²) in [7, 11) is -0.693. The first-order valence-electron chi connectivity index (χ1n) is 5.92. The van der Waals surface area contributed by atoms with Gasteiger partial charge < -0.3 is 5.32 Å². The summed E-state index contributed by atoms with van der Waals surface area (Å²) in [6, 6.07) is 0.552. The lowest BCUT2D eigenvalue weighted by molar-refractivity contribution is 0.442. The second-order valence-corrected chi connectivity index (χ2v) is 7.20. The molecule has 0 bridgehead atoms. The van der Waals surface area contributed by atoms with Crippen LogP contribution in [-0.2, 0) is 10.8 Å². The smallest absolute Gasteiger partial charge is 0.156 e. The molecule has 2 unspecified atom stereocenters. The van der Waals surface area contributed by atoms with Crippen molar-refractivity contribution in [2.75, 3.05) is 23.8 Å². The molecular weight excluding hydrogens is 240 g/mol. The van der Waals surface area contributed by atoms with Gasteiger partial charge in [-0.05, 0) is 12.3 Å². The molecule has 1 fully saturated rings. The molecule has 1 aliphatic rings. The summed E-state index contributed by atoms with van der Waals surface area (Å²) < 4.78 is 11.2. The minimum absolute atomic E-state index is 0.552. The Morgan fingerprint density at radius 2 is 2.38 bits per heavy atom. The lowest BCUT2D eigenvalue weighted by Crippen LogP contribution is -2.41. The van der Waals surface area contributed by atoms with Crippen molar-refractivity contribution in [3.8, 4) is 0 Å². The molecule has 2 atom stereocenters. The van der Waals surface area contributed by atoms with Crippen LogP contribution in [0.1, 0.15) is 27.2 Å². The molecule has 0 aliphatic carbocycles. The molecule has 1 N–H and O–H groups in total. The fourth-order valence-electron chi connectivity index (χ4n) is 1.54. The van der Waals surface area contributed by atoms with Crippen LogP contribution >= 0.6 is 11.8 Å². The van der Waals surface area contributed by atoms with Gasteiger partial charge in [-0.25, -0.2) is 0 Å². The fraction of sp³-hybridized carbons (Fsp3) is 0.909. The summed E-state index contributed by atoms with van der Waals surface area (Å²) in [6.45, 7) is 7.10. The van der Waals surface area contributed by atoms with E-state index in [0.29, 0.717) is 24.3 Å². The third kappa shape index (κ3) is 4.87. The summed E-state index contributed by atoms with van der Waals surface area (Å²) in [5, 5.41) is 4.50. The normalized spacial score (nSPS) is 25.8. The van der Waals surface area contributed by atoms with Crippen molar-refractivity contribution >= 4 is 27.7 Å². The molecule has 1 heterocycles. The lowest BCUT2D eigenvalue weighted by Gasteiger charge is -2.28. The van der Waals surface area contributed by atoms with E-state index in [2.05, 4.69) is 24.2 Å². The predicted octanol–water partition coefficient (Wildman–Crippen LogP) is 1.86.